The molecule has 0 aliphatic rings. The molecule has 4 aromatic rings. The maximum Gasteiger partial charge on any atom is 0.255 e. The standard InChI is InChI=1S/C17H12N8O/c1-26-15-13(3-2-6-19-15)23-16-20-10-21-17(24-16)25-14-7-11(8-18)4-5-12(14)9-22-25/h2-7,9-10H,1H3,(H,20,21,23,24). The molecule has 4 rings (SSSR count). The molecule has 9 heteroatoms. The van der Waals surface area contributed by atoms with Gasteiger partial charge in [0.1, 0.15) is 12.0 Å². The Labute approximate surface area is 147 Å². The lowest BCUT2D eigenvalue weighted by Gasteiger charge is -2.09. The first-order valence-electron chi connectivity index (χ1n) is 7.62. The fourth-order valence-electron chi connectivity index (χ4n) is 2.47. The normalized spacial score (nSPS) is 10.5. The number of hydrogen-bond acceptors (Lipinski definition) is 8. The van der Waals surface area contributed by atoms with Crippen molar-refractivity contribution in [2.75, 3.05) is 12.4 Å². The first kappa shape index (κ1) is 15.5. The lowest BCUT2D eigenvalue weighted by atomic mass is 10.2. The van der Waals surface area contributed by atoms with Gasteiger partial charge in [-0.05, 0) is 30.3 Å². The van der Waals surface area contributed by atoms with Crippen molar-refractivity contribution in [3.63, 3.8) is 0 Å². The van der Waals surface area contributed by atoms with Crippen LogP contribution in [0.4, 0.5) is 11.6 Å². The van der Waals surface area contributed by atoms with Gasteiger partial charge in [-0.2, -0.15) is 25.0 Å². The number of hydrogen-bond donors (Lipinski definition) is 1. The third kappa shape index (κ3) is 2.76. The van der Waals surface area contributed by atoms with Crippen LogP contribution in [0.2, 0.25) is 0 Å². The lowest BCUT2D eigenvalue weighted by Crippen LogP contribution is -2.07. The van der Waals surface area contributed by atoms with E-state index in [2.05, 4.69) is 36.4 Å². The van der Waals surface area contributed by atoms with E-state index >= 15 is 0 Å². The Hall–Kier alpha value is -4.06. The van der Waals surface area contributed by atoms with Gasteiger partial charge in [-0.1, -0.05) is 0 Å². The van der Waals surface area contributed by atoms with Crippen LogP contribution in [0, 0.1) is 11.3 Å². The predicted molar refractivity (Wildman–Crippen MR) is 93.2 cm³/mol. The highest BCUT2D eigenvalue weighted by atomic mass is 16.5. The average Bonchev–Trinajstić information content (AvgIpc) is 3.11. The largest absolute Gasteiger partial charge is 0.480 e. The van der Waals surface area contributed by atoms with Crippen LogP contribution in [-0.4, -0.2) is 36.8 Å². The Morgan fingerprint density at radius 3 is 2.96 bits per heavy atom. The minimum Gasteiger partial charge on any atom is -0.480 e. The topological polar surface area (TPSA) is 114 Å². The molecule has 3 heterocycles. The molecule has 3 aromatic heterocycles. The summed E-state index contributed by atoms with van der Waals surface area (Å²) in [6, 6.07) is 11.0. The SMILES string of the molecule is COc1ncccc1Nc1ncnc(-n2ncc3ccc(C#N)cc32)n1. The quantitative estimate of drug-likeness (QED) is 0.599. The smallest absolute Gasteiger partial charge is 0.255 e. The third-order valence-electron chi connectivity index (χ3n) is 3.66. The Kier molecular flexibility index (Phi) is 3.83. The first-order valence-corrected chi connectivity index (χ1v) is 7.62. The van der Waals surface area contributed by atoms with Crippen LogP contribution in [0.1, 0.15) is 5.56 Å². The fourth-order valence-corrected chi connectivity index (χ4v) is 2.47. The number of nitrogens with zero attached hydrogens (tertiary/aromatic N) is 7. The van der Waals surface area contributed by atoms with Crippen molar-refractivity contribution >= 4 is 22.5 Å². The number of fused-ring (bicyclic) bond motifs is 1. The summed E-state index contributed by atoms with van der Waals surface area (Å²) >= 11 is 0. The van der Waals surface area contributed by atoms with Crippen LogP contribution in [0.25, 0.3) is 16.9 Å². The number of benzene rings is 1. The van der Waals surface area contributed by atoms with Gasteiger partial charge in [-0.25, -0.2) is 9.97 Å². The molecule has 126 valence electrons. The number of rotatable bonds is 4. The highest BCUT2D eigenvalue weighted by molar-refractivity contribution is 5.81. The van der Waals surface area contributed by atoms with E-state index in [9.17, 15) is 0 Å². The van der Waals surface area contributed by atoms with E-state index in [-0.39, 0.29) is 0 Å². The first-order chi connectivity index (χ1) is 12.8. The van der Waals surface area contributed by atoms with Crippen molar-refractivity contribution in [1.29, 1.82) is 5.26 Å². The maximum absolute atomic E-state index is 9.10. The van der Waals surface area contributed by atoms with Gasteiger partial charge in [-0.3, -0.25) is 0 Å². The number of methoxy groups -OCH3 is 1. The van der Waals surface area contributed by atoms with E-state index in [1.165, 1.54) is 13.4 Å². The van der Waals surface area contributed by atoms with E-state index < -0.39 is 0 Å². The van der Waals surface area contributed by atoms with Crippen LogP contribution in [0.3, 0.4) is 0 Å². The van der Waals surface area contributed by atoms with E-state index in [4.69, 9.17) is 10.00 Å². The highest BCUT2D eigenvalue weighted by Gasteiger charge is 2.11. The van der Waals surface area contributed by atoms with Crippen molar-refractivity contribution in [1.82, 2.24) is 29.7 Å². The Bertz CT molecular complexity index is 1130. The summed E-state index contributed by atoms with van der Waals surface area (Å²) in [5.41, 5.74) is 1.90. The summed E-state index contributed by atoms with van der Waals surface area (Å²) in [5.74, 6) is 1.08. The van der Waals surface area contributed by atoms with E-state index in [0.717, 1.165) is 10.9 Å². The van der Waals surface area contributed by atoms with Crippen molar-refractivity contribution in [2.24, 2.45) is 0 Å². The lowest BCUT2D eigenvalue weighted by molar-refractivity contribution is 0.400. The van der Waals surface area contributed by atoms with Gasteiger partial charge in [0.2, 0.25) is 11.8 Å². The van der Waals surface area contributed by atoms with Crippen molar-refractivity contribution in [3.05, 3.63) is 54.6 Å². The molecule has 0 unspecified atom stereocenters. The zero-order chi connectivity index (χ0) is 17.9. The molecule has 0 saturated carbocycles. The van der Waals surface area contributed by atoms with Crippen molar-refractivity contribution in [2.45, 2.75) is 0 Å². The minimum absolute atomic E-state index is 0.321. The summed E-state index contributed by atoms with van der Waals surface area (Å²) in [4.78, 5) is 16.8. The fraction of sp³-hybridized carbons (Fsp3) is 0.0588. The van der Waals surface area contributed by atoms with Crippen molar-refractivity contribution in [3.8, 4) is 17.9 Å². The summed E-state index contributed by atoms with van der Waals surface area (Å²) < 4.78 is 6.77. The number of aromatic nitrogens is 6. The van der Waals surface area contributed by atoms with Gasteiger partial charge in [0, 0.05) is 11.6 Å². The number of nitriles is 1. The van der Waals surface area contributed by atoms with Crippen molar-refractivity contribution < 1.29 is 4.74 Å². The van der Waals surface area contributed by atoms with Crippen LogP contribution in [0.15, 0.2) is 49.1 Å². The number of nitrogens with one attached hydrogen (secondary N) is 1. The molecule has 0 amide bonds. The number of pyridine rings is 1. The van der Waals surface area contributed by atoms with Crippen LogP contribution in [0.5, 0.6) is 5.88 Å². The van der Waals surface area contributed by atoms with E-state index in [0.29, 0.717) is 29.0 Å². The zero-order valence-corrected chi connectivity index (χ0v) is 13.7. The van der Waals surface area contributed by atoms with E-state index in [1.807, 2.05) is 6.07 Å². The maximum atomic E-state index is 9.10. The van der Waals surface area contributed by atoms with Gasteiger partial charge in [0.15, 0.2) is 0 Å². The average molecular weight is 344 g/mol. The molecule has 26 heavy (non-hydrogen) atoms. The number of anilines is 2. The second-order valence-corrected chi connectivity index (χ2v) is 5.24. The number of ether oxygens (including phenoxy) is 1. The highest BCUT2D eigenvalue weighted by Crippen LogP contribution is 2.23. The summed E-state index contributed by atoms with van der Waals surface area (Å²) in [6.07, 6.45) is 4.71. The molecule has 0 aliphatic carbocycles. The Morgan fingerprint density at radius 1 is 1.19 bits per heavy atom. The molecule has 1 N–H and O–H groups in total. The molecule has 0 atom stereocenters. The molecule has 0 saturated heterocycles. The minimum atomic E-state index is 0.321. The second kappa shape index (κ2) is 6.45. The van der Waals surface area contributed by atoms with Crippen LogP contribution in [-0.2, 0) is 0 Å². The molecule has 0 bridgehead atoms. The second-order valence-electron chi connectivity index (χ2n) is 5.24. The summed E-state index contributed by atoms with van der Waals surface area (Å²) in [7, 11) is 1.54. The monoisotopic (exact) mass is 344 g/mol. The summed E-state index contributed by atoms with van der Waals surface area (Å²) in [5, 5.41) is 17.4. The van der Waals surface area contributed by atoms with Crippen LogP contribution >= 0.6 is 0 Å². The molecule has 0 spiro atoms. The predicted octanol–water partition coefficient (Wildman–Crippen LogP) is 2.23. The van der Waals surface area contributed by atoms with Crippen LogP contribution < -0.4 is 10.1 Å². The van der Waals surface area contributed by atoms with Gasteiger partial charge in [0.05, 0.1) is 30.5 Å². The van der Waals surface area contributed by atoms with E-state index in [1.54, 1.807) is 41.3 Å². The van der Waals surface area contributed by atoms with Gasteiger partial charge < -0.3 is 10.1 Å². The molecule has 9 nitrogen and oxygen atoms in total. The Morgan fingerprint density at radius 2 is 2.12 bits per heavy atom. The molecule has 0 fully saturated rings. The van der Waals surface area contributed by atoms with Gasteiger partial charge >= 0.3 is 0 Å². The molecular weight excluding hydrogens is 332 g/mol. The molecule has 0 aliphatic heterocycles. The third-order valence-corrected chi connectivity index (χ3v) is 3.66. The van der Waals surface area contributed by atoms with Gasteiger partial charge in [0.25, 0.3) is 5.95 Å². The molecule has 1 aromatic carbocycles. The molecular formula is C17H12N8O. The summed E-state index contributed by atoms with van der Waals surface area (Å²) in [6.45, 7) is 0. The zero-order valence-electron chi connectivity index (χ0n) is 13.7. The van der Waals surface area contributed by atoms with Gasteiger partial charge in [-0.15, -0.1) is 0 Å². The molecule has 0 radical (unpaired) electrons. The Balaban J connectivity index is 1.74.